The van der Waals surface area contributed by atoms with Gasteiger partial charge in [0.05, 0.1) is 10.0 Å². The third kappa shape index (κ3) is 3.79. The summed E-state index contributed by atoms with van der Waals surface area (Å²) in [6.07, 6.45) is 0. The summed E-state index contributed by atoms with van der Waals surface area (Å²) in [5.41, 5.74) is 6.02. The summed E-state index contributed by atoms with van der Waals surface area (Å²) >= 11 is 17.5. The van der Waals surface area contributed by atoms with Gasteiger partial charge in [0.25, 0.3) is 5.91 Å². The largest absolute Gasteiger partial charge is 0.340 e. The van der Waals surface area contributed by atoms with Crippen LogP contribution < -0.4 is 10.9 Å². The molecule has 2 N–H and O–H groups in total. The van der Waals surface area contributed by atoms with Crippen LogP contribution in [0.1, 0.15) is 10.4 Å². The first-order valence-corrected chi connectivity index (χ1v) is 7.77. The second-order valence-electron chi connectivity index (χ2n) is 4.64. The van der Waals surface area contributed by atoms with Crippen LogP contribution in [-0.4, -0.2) is 16.0 Å². The monoisotopic (exact) mass is 382 g/mol. The Morgan fingerprint density at radius 1 is 1.00 bits per heavy atom. The van der Waals surface area contributed by atoms with Crippen LogP contribution in [0.3, 0.4) is 0 Å². The van der Waals surface area contributed by atoms with E-state index < -0.39 is 5.91 Å². The lowest BCUT2D eigenvalue weighted by molar-refractivity contribution is 0.0961. The molecule has 0 unspecified atom stereocenters. The molecule has 122 valence electrons. The van der Waals surface area contributed by atoms with E-state index in [9.17, 15) is 4.79 Å². The van der Waals surface area contributed by atoms with Gasteiger partial charge in [0.1, 0.15) is 0 Å². The van der Waals surface area contributed by atoms with Crippen molar-refractivity contribution < 1.29 is 9.32 Å². The highest BCUT2D eigenvalue weighted by Crippen LogP contribution is 2.23. The minimum Gasteiger partial charge on any atom is -0.313 e. The Hall–Kier alpha value is -2.28. The van der Waals surface area contributed by atoms with Crippen LogP contribution >= 0.6 is 34.8 Å². The molecule has 1 heterocycles. The van der Waals surface area contributed by atoms with E-state index in [1.54, 1.807) is 24.3 Å². The van der Waals surface area contributed by atoms with Crippen molar-refractivity contribution in [3.05, 3.63) is 63.1 Å². The lowest BCUT2D eigenvalue weighted by atomic mass is 10.2. The lowest BCUT2D eigenvalue weighted by Crippen LogP contribution is -2.29. The van der Waals surface area contributed by atoms with Crippen molar-refractivity contribution in [3.63, 3.8) is 0 Å². The van der Waals surface area contributed by atoms with Crippen molar-refractivity contribution in [2.75, 3.05) is 5.43 Å². The highest BCUT2D eigenvalue weighted by Gasteiger charge is 2.11. The molecule has 0 aliphatic rings. The fraction of sp³-hybridized carbons (Fsp3) is 0. The van der Waals surface area contributed by atoms with Crippen LogP contribution in [0.4, 0.5) is 6.01 Å². The topological polar surface area (TPSA) is 80.0 Å². The van der Waals surface area contributed by atoms with Gasteiger partial charge in [-0.15, -0.1) is 0 Å². The Balaban J connectivity index is 1.65. The van der Waals surface area contributed by atoms with Crippen LogP contribution in [0.25, 0.3) is 11.4 Å². The highest BCUT2D eigenvalue weighted by atomic mass is 35.5. The molecule has 0 aliphatic heterocycles. The number of halogens is 3. The summed E-state index contributed by atoms with van der Waals surface area (Å²) in [7, 11) is 0. The molecule has 0 saturated carbocycles. The van der Waals surface area contributed by atoms with Crippen LogP contribution in [0, 0.1) is 0 Å². The molecule has 24 heavy (non-hydrogen) atoms. The summed E-state index contributed by atoms with van der Waals surface area (Å²) < 4.78 is 5.01. The second kappa shape index (κ2) is 7.09. The molecule has 0 atom stereocenters. The molecule has 9 heteroatoms. The molecular weight excluding hydrogens is 375 g/mol. The first-order valence-electron chi connectivity index (χ1n) is 6.64. The predicted molar refractivity (Wildman–Crippen MR) is 92.3 cm³/mol. The van der Waals surface area contributed by atoms with E-state index in [1.807, 2.05) is 0 Å². The van der Waals surface area contributed by atoms with Gasteiger partial charge in [-0.25, -0.2) is 5.43 Å². The minimum absolute atomic E-state index is 0.0355. The maximum atomic E-state index is 12.0. The standard InChI is InChI=1S/C15H9Cl3N4O2/c16-10-4-1-8(2-5-10)13-19-15(24-22-13)21-20-14(23)9-3-6-11(17)12(18)7-9/h1-7H,(H,20,23)(H,19,21,22). The van der Waals surface area contributed by atoms with E-state index in [0.717, 1.165) is 5.56 Å². The number of hydrogen-bond donors (Lipinski definition) is 2. The van der Waals surface area contributed by atoms with Crippen molar-refractivity contribution in [1.82, 2.24) is 15.6 Å². The molecule has 0 spiro atoms. The van der Waals surface area contributed by atoms with Gasteiger partial charge in [-0.2, -0.15) is 4.98 Å². The zero-order valence-corrected chi connectivity index (χ0v) is 14.2. The lowest BCUT2D eigenvalue weighted by Gasteiger charge is -2.05. The molecule has 0 radical (unpaired) electrons. The van der Waals surface area contributed by atoms with Crippen molar-refractivity contribution in [1.29, 1.82) is 0 Å². The number of aromatic nitrogens is 2. The van der Waals surface area contributed by atoms with Gasteiger partial charge in [-0.3, -0.25) is 10.2 Å². The number of carbonyl (C=O) groups excluding carboxylic acids is 1. The number of rotatable bonds is 4. The molecule has 2 aromatic carbocycles. The quantitative estimate of drug-likeness (QED) is 0.650. The number of nitrogens with zero attached hydrogens (tertiary/aromatic N) is 2. The van der Waals surface area contributed by atoms with Crippen molar-refractivity contribution in [2.45, 2.75) is 0 Å². The van der Waals surface area contributed by atoms with Crippen molar-refractivity contribution >= 4 is 46.7 Å². The Kier molecular flexibility index (Phi) is 4.89. The summed E-state index contributed by atoms with van der Waals surface area (Å²) in [6.45, 7) is 0. The van der Waals surface area contributed by atoms with Gasteiger partial charge in [0, 0.05) is 16.1 Å². The molecule has 1 amide bonds. The van der Waals surface area contributed by atoms with Crippen molar-refractivity contribution in [3.8, 4) is 11.4 Å². The second-order valence-corrected chi connectivity index (χ2v) is 5.89. The number of benzene rings is 2. The average molecular weight is 384 g/mol. The van der Waals surface area contributed by atoms with Crippen LogP contribution in [0.5, 0.6) is 0 Å². The van der Waals surface area contributed by atoms with E-state index in [4.69, 9.17) is 39.3 Å². The van der Waals surface area contributed by atoms with E-state index in [1.165, 1.54) is 18.2 Å². The molecule has 0 fully saturated rings. The first-order chi connectivity index (χ1) is 11.5. The Morgan fingerprint density at radius 2 is 1.75 bits per heavy atom. The highest BCUT2D eigenvalue weighted by molar-refractivity contribution is 6.42. The summed E-state index contributed by atoms with van der Waals surface area (Å²) in [4.78, 5) is 16.1. The number of nitrogens with one attached hydrogen (secondary N) is 2. The van der Waals surface area contributed by atoms with Gasteiger partial charge >= 0.3 is 6.01 Å². The van der Waals surface area contributed by atoms with E-state index in [2.05, 4.69) is 21.0 Å². The maximum Gasteiger partial charge on any atom is 0.340 e. The van der Waals surface area contributed by atoms with Crippen molar-refractivity contribution in [2.24, 2.45) is 0 Å². The van der Waals surface area contributed by atoms with Crippen LogP contribution in [0.15, 0.2) is 47.0 Å². The molecule has 0 saturated heterocycles. The summed E-state index contributed by atoms with van der Waals surface area (Å²) in [5, 5.41) is 5.07. The number of amides is 1. The molecule has 0 aliphatic carbocycles. The molecule has 0 bridgehead atoms. The third-order valence-corrected chi connectivity index (χ3v) is 3.98. The number of anilines is 1. The fourth-order valence-electron chi connectivity index (χ4n) is 1.81. The number of carbonyl (C=O) groups is 1. The predicted octanol–water partition coefficient (Wildman–Crippen LogP) is 4.45. The maximum absolute atomic E-state index is 12.0. The normalized spacial score (nSPS) is 10.5. The van der Waals surface area contributed by atoms with Gasteiger partial charge in [-0.1, -0.05) is 40.0 Å². The van der Waals surface area contributed by atoms with E-state index in [0.29, 0.717) is 21.4 Å². The minimum atomic E-state index is -0.431. The fourth-order valence-corrected chi connectivity index (χ4v) is 2.23. The summed E-state index contributed by atoms with van der Waals surface area (Å²) in [6, 6.07) is 11.5. The summed E-state index contributed by atoms with van der Waals surface area (Å²) in [5.74, 6) is -0.0715. The molecule has 1 aromatic heterocycles. The van der Waals surface area contributed by atoms with E-state index >= 15 is 0 Å². The van der Waals surface area contributed by atoms with Gasteiger partial charge in [-0.05, 0) is 42.5 Å². The Morgan fingerprint density at radius 3 is 2.46 bits per heavy atom. The zero-order valence-electron chi connectivity index (χ0n) is 11.9. The van der Waals surface area contributed by atoms with Gasteiger partial charge in [0.2, 0.25) is 5.82 Å². The molecular formula is C15H9Cl3N4O2. The number of hydrazine groups is 1. The smallest absolute Gasteiger partial charge is 0.313 e. The third-order valence-electron chi connectivity index (χ3n) is 2.99. The van der Waals surface area contributed by atoms with Gasteiger partial charge < -0.3 is 4.52 Å². The van der Waals surface area contributed by atoms with Crippen LogP contribution in [0.2, 0.25) is 15.1 Å². The Labute approximate surface area is 151 Å². The molecule has 3 rings (SSSR count). The zero-order chi connectivity index (χ0) is 17.1. The molecule has 6 nitrogen and oxygen atoms in total. The number of hydrogen-bond acceptors (Lipinski definition) is 5. The van der Waals surface area contributed by atoms with E-state index in [-0.39, 0.29) is 11.0 Å². The Bertz CT molecular complexity index is 881. The first kappa shape index (κ1) is 16.6. The molecule has 3 aromatic rings. The van der Waals surface area contributed by atoms with Gasteiger partial charge in [0.15, 0.2) is 0 Å². The average Bonchev–Trinajstić information content (AvgIpc) is 3.05. The SMILES string of the molecule is O=C(NNc1nc(-c2ccc(Cl)cc2)no1)c1ccc(Cl)c(Cl)c1. The van der Waals surface area contributed by atoms with Crippen LogP contribution in [-0.2, 0) is 0 Å².